The van der Waals surface area contributed by atoms with Gasteiger partial charge in [0, 0.05) is 23.9 Å². The van der Waals surface area contributed by atoms with Crippen molar-refractivity contribution in [1.29, 1.82) is 0 Å². The Hall–Kier alpha value is -2.88. The molecule has 0 fully saturated rings. The molecule has 0 atom stereocenters. The van der Waals surface area contributed by atoms with E-state index in [0.29, 0.717) is 12.2 Å². The molecule has 3 aromatic rings. The largest absolute Gasteiger partial charge is 0.350 e. The molecule has 2 aromatic carbocycles. The molecule has 0 radical (unpaired) electrons. The molecule has 0 spiro atoms. The van der Waals surface area contributed by atoms with Crippen LogP contribution in [-0.4, -0.2) is 17.6 Å². The number of benzene rings is 2. The zero-order chi connectivity index (χ0) is 14.9. The summed E-state index contributed by atoms with van der Waals surface area (Å²) >= 11 is 0. The van der Waals surface area contributed by atoms with Crippen molar-refractivity contribution in [3.05, 3.63) is 72.0 Å². The first kappa shape index (κ1) is 12.8. The Morgan fingerprint density at radius 2 is 1.82 bits per heavy atom. The lowest BCUT2D eigenvalue weighted by Gasteiger charge is -2.14. The second kappa shape index (κ2) is 5.15. The van der Waals surface area contributed by atoms with Crippen LogP contribution in [-0.2, 0) is 6.42 Å². The molecular weight excluding hydrogens is 276 g/mol. The number of rotatable bonds is 2. The second-order valence-electron chi connectivity index (χ2n) is 5.28. The minimum absolute atomic E-state index is 0.139. The van der Waals surface area contributed by atoms with Gasteiger partial charge in [0.15, 0.2) is 0 Å². The van der Waals surface area contributed by atoms with Gasteiger partial charge in [-0.15, -0.1) is 0 Å². The number of amides is 1. The van der Waals surface area contributed by atoms with Crippen LogP contribution in [0, 0.1) is 0 Å². The molecule has 1 amide bonds. The number of nitrogens with zero attached hydrogens (tertiary/aromatic N) is 2. The van der Waals surface area contributed by atoms with Gasteiger partial charge in [0.25, 0.3) is 5.91 Å². The molecule has 1 aliphatic heterocycles. The maximum atomic E-state index is 12.6. The van der Waals surface area contributed by atoms with E-state index in [4.69, 9.17) is 4.52 Å². The highest BCUT2D eigenvalue weighted by Gasteiger charge is 2.27. The highest BCUT2D eigenvalue weighted by atomic mass is 16.5. The van der Waals surface area contributed by atoms with Crippen molar-refractivity contribution in [2.45, 2.75) is 6.42 Å². The standard InChI is InChI=1S/C18H14N2O2/c21-18(20-11-10-14-8-4-5-9-16(14)20)17-12-15(19-22-17)13-6-2-1-3-7-13/h1-9,12H,10-11H2. The molecule has 1 aliphatic rings. The number of hydrogen-bond acceptors (Lipinski definition) is 3. The summed E-state index contributed by atoms with van der Waals surface area (Å²) in [7, 11) is 0. The second-order valence-corrected chi connectivity index (χ2v) is 5.28. The summed E-state index contributed by atoms with van der Waals surface area (Å²) in [6, 6.07) is 19.4. The molecule has 4 rings (SSSR count). The van der Waals surface area contributed by atoms with Gasteiger partial charge in [0.2, 0.25) is 5.76 Å². The van der Waals surface area contributed by atoms with E-state index in [2.05, 4.69) is 11.2 Å². The van der Waals surface area contributed by atoms with Gasteiger partial charge in [-0.25, -0.2) is 0 Å². The fraction of sp³-hybridized carbons (Fsp3) is 0.111. The number of carbonyl (C=O) groups excluding carboxylic acids is 1. The van der Waals surface area contributed by atoms with E-state index in [-0.39, 0.29) is 11.7 Å². The van der Waals surface area contributed by atoms with Gasteiger partial charge >= 0.3 is 0 Å². The minimum atomic E-state index is -0.139. The van der Waals surface area contributed by atoms with Crippen molar-refractivity contribution >= 4 is 11.6 Å². The first-order chi connectivity index (χ1) is 10.8. The summed E-state index contributed by atoms with van der Waals surface area (Å²) < 4.78 is 5.27. The maximum absolute atomic E-state index is 12.6. The summed E-state index contributed by atoms with van der Waals surface area (Å²) in [5, 5.41) is 4.01. The molecule has 22 heavy (non-hydrogen) atoms. The zero-order valence-corrected chi connectivity index (χ0v) is 11.9. The lowest BCUT2D eigenvalue weighted by Crippen LogP contribution is -2.28. The van der Waals surface area contributed by atoms with Crippen molar-refractivity contribution in [1.82, 2.24) is 5.16 Å². The average molecular weight is 290 g/mol. The molecule has 0 saturated heterocycles. The van der Waals surface area contributed by atoms with Gasteiger partial charge in [0.05, 0.1) is 0 Å². The monoisotopic (exact) mass is 290 g/mol. The molecule has 108 valence electrons. The lowest BCUT2D eigenvalue weighted by atomic mass is 10.1. The molecule has 0 unspecified atom stereocenters. The van der Waals surface area contributed by atoms with Crippen molar-refractivity contribution in [3.63, 3.8) is 0 Å². The van der Waals surface area contributed by atoms with Crippen LogP contribution < -0.4 is 4.90 Å². The average Bonchev–Trinajstić information content (AvgIpc) is 3.22. The van der Waals surface area contributed by atoms with E-state index in [1.807, 2.05) is 48.5 Å². The number of fused-ring (bicyclic) bond motifs is 1. The quantitative estimate of drug-likeness (QED) is 0.725. The molecule has 0 N–H and O–H groups in total. The van der Waals surface area contributed by atoms with Gasteiger partial charge < -0.3 is 9.42 Å². The number of anilines is 1. The van der Waals surface area contributed by atoms with Gasteiger partial charge in [-0.05, 0) is 18.1 Å². The third-order valence-electron chi connectivity index (χ3n) is 3.92. The Labute approximate surface area is 128 Å². The van der Waals surface area contributed by atoms with Gasteiger partial charge in [-0.2, -0.15) is 0 Å². The van der Waals surface area contributed by atoms with Crippen molar-refractivity contribution in [2.24, 2.45) is 0 Å². The van der Waals surface area contributed by atoms with Crippen LogP contribution in [0.5, 0.6) is 0 Å². The minimum Gasteiger partial charge on any atom is -0.350 e. The van der Waals surface area contributed by atoms with Gasteiger partial charge in [0.1, 0.15) is 5.69 Å². The smallest absolute Gasteiger partial charge is 0.296 e. The molecule has 1 aromatic heterocycles. The van der Waals surface area contributed by atoms with Crippen LogP contribution in [0.2, 0.25) is 0 Å². The van der Waals surface area contributed by atoms with Crippen molar-refractivity contribution in [3.8, 4) is 11.3 Å². The van der Waals surface area contributed by atoms with E-state index >= 15 is 0 Å². The number of para-hydroxylation sites is 1. The Kier molecular flexibility index (Phi) is 3.00. The summed E-state index contributed by atoms with van der Waals surface area (Å²) in [5.74, 6) is 0.134. The first-order valence-corrected chi connectivity index (χ1v) is 7.25. The molecule has 0 saturated carbocycles. The molecule has 0 bridgehead atoms. The third-order valence-corrected chi connectivity index (χ3v) is 3.92. The van der Waals surface area contributed by atoms with Crippen LogP contribution in [0.1, 0.15) is 16.1 Å². The van der Waals surface area contributed by atoms with E-state index in [1.165, 1.54) is 5.56 Å². The van der Waals surface area contributed by atoms with Crippen LogP contribution in [0.15, 0.2) is 65.2 Å². The van der Waals surface area contributed by atoms with Crippen LogP contribution in [0.3, 0.4) is 0 Å². The van der Waals surface area contributed by atoms with Gasteiger partial charge in [-0.1, -0.05) is 53.7 Å². The van der Waals surface area contributed by atoms with Crippen molar-refractivity contribution < 1.29 is 9.32 Å². The zero-order valence-electron chi connectivity index (χ0n) is 11.9. The fourth-order valence-corrected chi connectivity index (χ4v) is 2.80. The molecule has 2 heterocycles. The Balaban J connectivity index is 1.64. The molecular formula is C18H14N2O2. The molecule has 4 nitrogen and oxygen atoms in total. The Bertz CT molecular complexity index is 824. The van der Waals surface area contributed by atoms with Crippen LogP contribution >= 0.6 is 0 Å². The first-order valence-electron chi connectivity index (χ1n) is 7.25. The maximum Gasteiger partial charge on any atom is 0.296 e. The normalized spacial score (nSPS) is 13.2. The Morgan fingerprint density at radius 1 is 1.05 bits per heavy atom. The number of aromatic nitrogens is 1. The highest BCUT2D eigenvalue weighted by Crippen LogP contribution is 2.29. The van der Waals surface area contributed by atoms with Crippen molar-refractivity contribution in [2.75, 3.05) is 11.4 Å². The fourth-order valence-electron chi connectivity index (χ4n) is 2.80. The van der Waals surface area contributed by atoms with E-state index in [1.54, 1.807) is 11.0 Å². The summed E-state index contributed by atoms with van der Waals surface area (Å²) in [6.45, 7) is 0.680. The van der Waals surface area contributed by atoms with Gasteiger partial charge in [-0.3, -0.25) is 4.79 Å². The summed E-state index contributed by atoms with van der Waals surface area (Å²) in [4.78, 5) is 14.4. The SMILES string of the molecule is O=C(c1cc(-c2ccccc2)no1)N1CCc2ccccc21. The third kappa shape index (κ3) is 2.09. The van der Waals surface area contributed by atoms with Crippen LogP contribution in [0.4, 0.5) is 5.69 Å². The topological polar surface area (TPSA) is 46.3 Å². The highest BCUT2D eigenvalue weighted by molar-refractivity contribution is 6.05. The van der Waals surface area contributed by atoms with E-state index < -0.39 is 0 Å². The molecule has 0 aliphatic carbocycles. The van der Waals surface area contributed by atoms with E-state index in [0.717, 1.165) is 17.7 Å². The predicted octanol–water partition coefficient (Wildman–Crippen LogP) is 3.54. The summed E-state index contributed by atoms with van der Waals surface area (Å²) in [5.41, 5.74) is 3.77. The predicted molar refractivity (Wildman–Crippen MR) is 83.8 cm³/mol. The molecule has 4 heteroatoms. The van der Waals surface area contributed by atoms with Crippen LogP contribution in [0.25, 0.3) is 11.3 Å². The van der Waals surface area contributed by atoms with E-state index in [9.17, 15) is 4.79 Å². The lowest BCUT2D eigenvalue weighted by molar-refractivity contribution is 0.0954. The number of carbonyl (C=O) groups is 1. The number of hydrogen-bond donors (Lipinski definition) is 0. The summed E-state index contributed by atoms with van der Waals surface area (Å²) in [6.07, 6.45) is 0.877. The Morgan fingerprint density at radius 3 is 2.68 bits per heavy atom.